The van der Waals surface area contributed by atoms with E-state index in [1.165, 1.54) is 29.2 Å². The maximum atomic E-state index is 12.9. The van der Waals surface area contributed by atoms with Crippen LogP contribution in [0.4, 0.5) is 23.7 Å². The highest BCUT2D eigenvalue weighted by atomic mass is 19.4. The monoisotopic (exact) mass is 455 g/mol. The van der Waals surface area contributed by atoms with Crippen molar-refractivity contribution < 1.29 is 22.7 Å². The first-order chi connectivity index (χ1) is 15.7. The van der Waals surface area contributed by atoms with E-state index in [-0.39, 0.29) is 11.7 Å². The van der Waals surface area contributed by atoms with Crippen molar-refractivity contribution in [3.8, 4) is 11.6 Å². The molecule has 10 heteroatoms. The standard InChI is InChI=1S/C23H20F3N5O2/c1-14(27-2)19-12-21(29-13-28-19)33-18-6-7-20-15(10-18)8-9-31(20)22(32)30-17-5-3-4-16(11-17)23(24,25)26/h3-14,27H,1-2H3,(H,30,32). The minimum absolute atomic E-state index is 0.0298. The number of alkyl halides is 3. The lowest BCUT2D eigenvalue weighted by molar-refractivity contribution is -0.137. The summed E-state index contributed by atoms with van der Waals surface area (Å²) in [5.41, 5.74) is 0.559. The molecule has 33 heavy (non-hydrogen) atoms. The highest BCUT2D eigenvalue weighted by Gasteiger charge is 2.30. The summed E-state index contributed by atoms with van der Waals surface area (Å²) < 4.78 is 45.9. The third-order valence-electron chi connectivity index (χ3n) is 5.08. The van der Waals surface area contributed by atoms with Crippen molar-refractivity contribution in [2.75, 3.05) is 12.4 Å². The molecule has 4 aromatic rings. The maximum absolute atomic E-state index is 12.9. The van der Waals surface area contributed by atoms with E-state index in [4.69, 9.17) is 4.74 Å². The maximum Gasteiger partial charge on any atom is 0.416 e. The lowest BCUT2D eigenvalue weighted by Crippen LogP contribution is -2.18. The summed E-state index contributed by atoms with van der Waals surface area (Å²) in [6, 6.07) is 12.5. The van der Waals surface area contributed by atoms with Crippen LogP contribution < -0.4 is 15.4 Å². The topological polar surface area (TPSA) is 81.1 Å². The molecular formula is C23H20F3N5O2. The van der Waals surface area contributed by atoms with Gasteiger partial charge in [0.1, 0.15) is 12.1 Å². The van der Waals surface area contributed by atoms with Crippen LogP contribution in [0.1, 0.15) is 24.2 Å². The molecule has 0 fully saturated rings. The average Bonchev–Trinajstić information content (AvgIpc) is 3.22. The molecule has 0 saturated heterocycles. The lowest BCUT2D eigenvalue weighted by Gasteiger charge is -2.11. The lowest BCUT2D eigenvalue weighted by atomic mass is 10.2. The number of carbonyl (C=O) groups is 1. The Kier molecular flexibility index (Phi) is 6.01. The molecule has 0 bridgehead atoms. The molecule has 1 unspecified atom stereocenters. The molecule has 2 aromatic carbocycles. The Morgan fingerprint density at radius 3 is 2.67 bits per heavy atom. The smallest absolute Gasteiger partial charge is 0.416 e. The first kappa shape index (κ1) is 22.3. The van der Waals surface area contributed by atoms with Crippen LogP contribution in [-0.4, -0.2) is 27.6 Å². The summed E-state index contributed by atoms with van der Waals surface area (Å²) >= 11 is 0. The zero-order valence-corrected chi connectivity index (χ0v) is 17.7. The number of ether oxygens (including phenoxy) is 1. The van der Waals surface area contributed by atoms with E-state index in [0.29, 0.717) is 22.5 Å². The van der Waals surface area contributed by atoms with Gasteiger partial charge < -0.3 is 15.4 Å². The number of rotatable bonds is 5. The second kappa shape index (κ2) is 8.91. The van der Waals surface area contributed by atoms with Crippen molar-refractivity contribution in [1.29, 1.82) is 0 Å². The van der Waals surface area contributed by atoms with Gasteiger partial charge >= 0.3 is 12.2 Å². The van der Waals surface area contributed by atoms with Gasteiger partial charge in [-0.25, -0.2) is 14.8 Å². The molecule has 0 aliphatic carbocycles. The number of fused-ring (bicyclic) bond motifs is 1. The molecule has 1 atom stereocenters. The van der Waals surface area contributed by atoms with Gasteiger partial charge in [0, 0.05) is 29.4 Å². The summed E-state index contributed by atoms with van der Waals surface area (Å²) in [5.74, 6) is 0.892. The first-order valence-electron chi connectivity index (χ1n) is 10.0. The van der Waals surface area contributed by atoms with Crippen LogP contribution in [0.15, 0.2) is 67.1 Å². The van der Waals surface area contributed by atoms with Gasteiger partial charge in [-0.05, 0) is 56.4 Å². The molecule has 2 heterocycles. The largest absolute Gasteiger partial charge is 0.439 e. The van der Waals surface area contributed by atoms with E-state index in [0.717, 1.165) is 17.8 Å². The van der Waals surface area contributed by atoms with Crippen LogP contribution in [0.25, 0.3) is 10.9 Å². The summed E-state index contributed by atoms with van der Waals surface area (Å²) in [6.45, 7) is 1.96. The Morgan fingerprint density at radius 2 is 1.91 bits per heavy atom. The van der Waals surface area contributed by atoms with E-state index in [2.05, 4.69) is 20.6 Å². The van der Waals surface area contributed by atoms with Crippen molar-refractivity contribution in [3.05, 3.63) is 78.4 Å². The number of aromatic nitrogens is 3. The first-order valence-corrected chi connectivity index (χ1v) is 10.0. The summed E-state index contributed by atoms with van der Waals surface area (Å²) in [6.07, 6.45) is -1.53. The Labute approximate surface area is 187 Å². The predicted molar refractivity (Wildman–Crippen MR) is 117 cm³/mol. The molecule has 4 rings (SSSR count). The number of halogens is 3. The van der Waals surface area contributed by atoms with Crippen molar-refractivity contribution in [1.82, 2.24) is 19.9 Å². The van der Waals surface area contributed by atoms with Crippen LogP contribution in [0.5, 0.6) is 11.6 Å². The number of benzene rings is 2. The summed E-state index contributed by atoms with van der Waals surface area (Å²) in [4.78, 5) is 21.0. The normalized spacial score (nSPS) is 12.5. The molecule has 0 saturated carbocycles. The number of anilines is 1. The van der Waals surface area contributed by atoms with Crippen LogP contribution in [0.3, 0.4) is 0 Å². The van der Waals surface area contributed by atoms with Gasteiger partial charge in [0.25, 0.3) is 0 Å². The fourth-order valence-corrected chi connectivity index (χ4v) is 3.23. The van der Waals surface area contributed by atoms with Crippen LogP contribution >= 0.6 is 0 Å². The van der Waals surface area contributed by atoms with E-state index in [1.807, 2.05) is 14.0 Å². The zero-order valence-electron chi connectivity index (χ0n) is 17.7. The molecule has 0 aliphatic heterocycles. The Hall–Kier alpha value is -3.92. The molecule has 0 aliphatic rings. The predicted octanol–water partition coefficient (Wildman–Crippen LogP) is 5.60. The minimum atomic E-state index is -4.49. The summed E-state index contributed by atoms with van der Waals surface area (Å²) in [5, 5.41) is 6.30. The fourth-order valence-electron chi connectivity index (χ4n) is 3.23. The molecule has 2 N–H and O–H groups in total. The van der Waals surface area contributed by atoms with E-state index in [1.54, 1.807) is 30.3 Å². The van der Waals surface area contributed by atoms with Crippen LogP contribution in [0, 0.1) is 0 Å². The number of nitrogens with one attached hydrogen (secondary N) is 2. The van der Waals surface area contributed by atoms with Crippen molar-refractivity contribution in [2.24, 2.45) is 0 Å². The van der Waals surface area contributed by atoms with E-state index in [9.17, 15) is 18.0 Å². The highest BCUT2D eigenvalue weighted by Crippen LogP contribution is 2.31. The van der Waals surface area contributed by atoms with Crippen LogP contribution in [-0.2, 0) is 6.18 Å². The molecule has 0 radical (unpaired) electrons. The van der Waals surface area contributed by atoms with Gasteiger partial charge in [0.15, 0.2) is 0 Å². The molecule has 0 spiro atoms. The third kappa shape index (κ3) is 4.96. The molecule has 170 valence electrons. The van der Waals surface area contributed by atoms with Crippen LogP contribution in [0.2, 0.25) is 0 Å². The SMILES string of the molecule is CNC(C)c1cc(Oc2ccc3c(ccn3C(=O)Nc3cccc(C(F)(F)F)c3)c2)ncn1. The van der Waals surface area contributed by atoms with E-state index < -0.39 is 17.8 Å². The fraction of sp³-hybridized carbons (Fsp3) is 0.174. The van der Waals surface area contributed by atoms with Crippen molar-refractivity contribution in [3.63, 3.8) is 0 Å². The highest BCUT2D eigenvalue weighted by molar-refractivity contribution is 5.98. The summed E-state index contributed by atoms with van der Waals surface area (Å²) in [7, 11) is 1.83. The van der Waals surface area contributed by atoms with Crippen molar-refractivity contribution in [2.45, 2.75) is 19.1 Å². The number of nitrogens with zero attached hydrogens (tertiary/aromatic N) is 3. The quantitative estimate of drug-likeness (QED) is 0.409. The number of hydrogen-bond donors (Lipinski definition) is 2. The number of amides is 1. The third-order valence-corrected chi connectivity index (χ3v) is 5.08. The Bertz CT molecular complexity index is 1300. The number of hydrogen-bond acceptors (Lipinski definition) is 5. The minimum Gasteiger partial charge on any atom is -0.439 e. The Morgan fingerprint density at radius 1 is 1.09 bits per heavy atom. The zero-order chi connectivity index (χ0) is 23.6. The molecule has 2 aromatic heterocycles. The van der Waals surface area contributed by atoms with Gasteiger partial charge in [-0.1, -0.05) is 6.07 Å². The molecular weight excluding hydrogens is 435 g/mol. The average molecular weight is 455 g/mol. The van der Waals surface area contributed by atoms with Gasteiger partial charge in [-0.15, -0.1) is 0 Å². The second-order valence-electron chi connectivity index (χ2n) is 7.31. The van der Waals surface area contributed by atoms with E-state index >= 15 is 0 Å². The van der Waals surface area contributed by atoms with Gasteiger partial charge in [0.2, 0.25) is 5.88 Å². The second-order valence-corrected chi connectivity index (χ2v) is 7.31. The van der Waals surface area contributed by atoms with Crippen molar-refractivity contribution >= 4 is 22.6 Å². The Balaban J connectivity index is 1.53. The van der Waals surface area contributed by atoms with Gasteiger partial charge in [0.05, 0.1) is 16.8 Å². The van der Waals surface area contributed by atoms with Gasteiger partial charge in [-0.3, -0.25) is 4.57 Å². The molecule has 1 amide bonds. The number of carbonyl (C=O) groups excluding carboxylic acids is 1. The molecule has 7 nitrogen and oxygen atoms in total. The van der Waals surface area contributed by atoms with Gasteiger partial charge in [-0.2, -0.15) is 13.2 Å².